The lowest BCUT2D eigenvalue weighted by molar-refractivity contribution is -0.148. The Balaban J connectivity index is 1.44. The first-order valence-corrected chi connectivity index (χ1v) is 9.71. The summed E-state index contributed by atoms with van der Waals surface area (Å²) in [5.74, 6) is 0.613. The number of rotatable bonds is 9. The van der Waals surface area contributed by atoms with Crippen LogP contribution >= 0.6 is 0 Å². The summed E-state index contributed by atoms with van der Waals surface area (Å²) in [7, 11) is 0. The fourth-order valence-corrected chi connectivity index (χ4v) is 3.03. The van der Waals surface area contributed by atoms with Gasteiger partial charge in [-0.25, -0.2) is 0 Å². The predicted molar refractivity (Wildman–Crippen MR) is 110 cm³/mol. The summed E-state index contributed by atoms with van der Waals surface area (Å²) in [4.78, 5) is 24.1. The Hall–Kier alpha value is -3.28. The standard InChI is InChI=1S/C23H25NO5/c1-3-27-19-10-6-4-8-17(19)12-13-23(26)28-15-22(25)24-16(2)21-14-18-9-5-7-11-20(18)29-21/h4-11,14,16H,3,12-13,15H2,1-2H3,(H,24,25)/t16-/m0/s1. The van der Waals surface area contributed by atoms with Gasteiger partial charge in [-0.3, -0.25) is 9.59 Å². The molecule has 0 spiro atoms. The first-order valence-electron chi connectivity index (χ1n) is 9.71. The van der Waals surface area contributed by atoms with Gasteiger partial charge in [0.05, 0.1) is 12.6 Å². The second kappa shape index (κ2) is 9.78. The molecule has 1 atom stereocenters. The number of hydrogen-bond acceptors (Lipinski definition) is 5. The molecular formula is C23H25NO5. The van der Waals surface area contributed by atoms with Crippen LogP contribution in [0.5, 0.6) is 5.75 Å². The fourth-order valence-electron chi connectivity index (χ4n) is 3.03. The van der Waals surface area contributed by atoms with E-state index in [4.69, 9.17) is 13.9 Å². The number of hydrogen-bond donors (Lipinski definition) is 1. The molecule has 0 radical (unpaired) electrons. The number of aryl methyl sites for hydroxylation is 1. The molecule has 1 N–H and O–H groups in total. The third-order valence-electron chi connectivity index (χ3n) is 4.48. The van der Waals surface area contributed by atoms with E-state index < -0.39 is 5.97 Å². The monoisotopic (exact) mass is 395 g/mol. The zero-order valence-corrected chi connectivity index (χ0v) is 16.6. The Bertz CT molecular complexity index is 945. The van der Waals surface area contributed by atoms with Gasteiger partial charge in [-0.2, -0.15) is 0 Å². The quantitative estimate of drug-likeness (QED) is 0.550. The summed E-state index contributed by atoms with van der Waals surface area (Å²) in [6.07, 6.45) is 0.669. The third-order valence-corrected chi connectivity index (χ3v) is 4.48. The van der Waals surface area contributed by atoms with Crippen LogP contribution in [0.3, 0.4) is 0 Å². The normalized spacial score (nSPS) is 11.8. The van der Waals surface area contributed by atoms with Crippen LogP contribution in [-0.2, 0) is 20.7 Å². The molecule has 0 saturated carbocycles. The topological polar surface area (TPSA) is 77.8 Å². The molecule has 0 fully saturated rings. The molecule has 3 aromatic rings. The minimum absolute atomic E-state index is 0.177. The lowest BCUT2D eigenvalue weighted by atomic mass is 10.1. The van der Waals surface area contributed by atoms with Crippen LogP contribution in [0.4, 0.5) is 0 Å². The molecule has 0 unspecified atom stereocenters. The molecule has 6 nitrogen and oxygen atoms in total. The SMILES string of the molecule is CCOc1ccccc1CCC(=O)OCC(=O)N[C@@H](C)c1cc2ccccc2o1. The highest BCUT2D eigenvalue weighted by Gasteiger charge is 2.16. The molecule has 0 aliphatic heterocycles. The van der Waals surface area contributed by atoms with E-state index in [2.05, 4.69) is 5.32 Å². The predicted octanol–water partition coefficient (Wildman–Crippen LogP) is 4.18. The van der Waals surface area contributed by atoms with Crippen LogP contribution in [0, 0.1) is 0 Å². The summed E-state index contributed by atoms with van der Waals surface area (Å²) >= 11 is 0. The number of carbonyl (C=O) groups excluding carboxylic acids is 2. The van der Waals surface area contributed by atoms with E-state index in [9.17, 15) is 9.59 Å². The fraction of sp³-hybridized carbons (Fsp3) is 0.304. The molecule has 1 heterocycles. The maximum absolute atomic E-state index is 12.1. The number of benzene rings is 2. The number of amides is 1. The minimum atomic E-state index is -0.428. The maximum atomic E-state index is 12.1. The van der Waals surface area contributed by atoms with Crippen LogP contribution in [0.1, 0.15) is 37.6 Å². The summed E-state index contributed by atoms with van der Waals surface area (Å²) in [6, 6.07) is 16.8. The number of furan rings is 1. The Kier molecular flexibility index (Phi) is 6.89. The van der Waals surface area contributed by atoms with E-state index in [1.165, 1.54) is 0 Å². The van der Waals surface area contributed by atoms with Crippen molar-refractivity contribution < 1.29 is 23.5 Å². The number of para-hydroxylation sites is 2. The van der Waals surface area contributed by atoms with Crippen molar-refractivity contribution in [3.63, 3.8) is 0 Å². The summed E-state index contributed by atoms with van der Waals surface area (Å²) in [5, 5.41) is 3.76. The van der Waals surface area contributed by atoms with Crippen molar-refractivity contribution in [2.75, 3.05) is 13.2 Å². The van der Waals surface area contributed by atoms with Crippen LogP contribution in [-0.4, -0.2) is 25.1 Å². The highest BCUT2D eigenvalue weighted by molar-refractivity contribution is 5.81. The Morgan fingerprint density at radius 2 is 1.86 bits per heavy atom. The van der Waals surface area contributed by atoms with Gasteiger partial charge in [0.15, 0.2) is 6.61 Å². The third kappa shape index (κ3) is 5.60. The van der Waals surface area contributed by atoms with E-state index in [0.717, 1.165) is 22.3 Å². The van der Waals surface area contributed by atoms with Gasteiger partial charge < -0.3 is 19.2 Å². The van der Waals surface area contributed by atoms with Gasteiger partial charge >= 0.3 is 5.97 Å². The Morgan fingerprint density at radius 1 is 1.10 bits per heavy atom. The molecule has 29 heavy (non-hydrogen) atoms. The van der Waals surface area contributed by atoms with Crippen LogP contribution in [0.25, 0.3) is 11.0 Å². The molecule has 1 aromatic heterocycles. The van der Waals surface area contributed by atoms with Crippen molar-refractivity contribution >= 4 is 22.8 Å². The minimum Gasteiger partial charge on any atom is -0.494 e. The van der Waals surface area contributed by atoms with Gasteiger partial charge in [-0.05, 0) is 44.0 Å². The zero-order valence-electron chi connectivity index (χ0n) is 16.6. The smallest absolute Gasteiger partial charge is 0.306 e. The van der Waals surface area contributed by atoms with Crippen molar-refractivity contribution in [3.8, 4) is 5.75 Å². The number of ether oxygens (including phenoxy) is 2. The van der Waals surface area contributed by atoms with E-state index >= 15 is 0 Å². The second-order valence-corrected chi connectivity index (χ2v) is 6.68. The Morgan fingerprint density at radius 3 is 2.66 bits per heavy atom. The van der Waals surface area contributed by atoms with E-state index in [0.29, 0.717) is 18.8 Å². The maximum Gasteiger partial charge on any atom is 0.306 e. The van der Waals surface area contributed by atoms with Crippen LogP contribution in [0.2, 0.25) is 0 Å². The molecule has 0 bridgehead atoms. The average Bonchev–Trinajstić information content (AvgIpc) is 3.16. The second-order valence-electron chi connectivity index (χ2n) is 6.68. The van der Waals surface area contributed by atoms with Gasteiger partial charge in [0.1, 0.15) is 17.1 Å². The van der Waals surface area contributed by atoms with E-state index in [1.54, 1.807) is 0 Å². The summed E-state index contributed by atoms with van der Waals surface area (Å²) in [5.41, 5.74) is 1.71. The molecule has 0 saturated heterocycles. The molecule has 6 heteroatoms. The van der Waals surface area contributed by atoms with E-state index in [-0.39, 0.29) is 25.0 Å². The summed E-state index contributed by atoms with van der Waals surface area (Å²) in [6.45, 7) is 3.97. The van der Waals surface area contributed by atoms with Gasteiger partial charge in [-0.15, -0.1) is 0 Å². The number of fused-ring (bicyclic) bond motifs is 1. The molecule has 2 aromatic carbocycles. The highest BCUT2D eigenvalue weighted by atomic mass is 16.5. The molecule has 3 rings (SSSR count). The zero-order chi connectivity index (χ0) is 20.6. The van der Waals surface area contributed by atoms with Crippen molar-refractivity contribution in [2.45, 2.75) is 32.7 Å². The summed E-state index contributed by atoms with van der Waals surface area (Å²) < 4.78 is 16.4. The lowest BCUT2D eigenvalue weighted by Crippen LogP contribution is -2.31. The molecular weight excluding hydrogens is 370 g/mol. The van der Waals surface area contributed by atoms with E-state index in [1.807, 2.05) is 68.4 Å². The molecule has 1 amide bonds. The van der Waals surface area contributed by atoms with Gasteiger partial charge in [-0.1, -0.05) is 36.4 Å². The van der Waals surface area contributed by atoms with Crippen molar-refractivity contribution in [1.82, 2.24) is 5.32 Å². The van der Waals surface area contributed by atoms with Crippen molar-refractivity contribution in [3.05, 3.63) is 65.9 Å². The van der Waals surface area contributed by atoms with Gasteiger partial charge in [0.25, 0.3) is 5.91 Å². The van der Waals surface area contributed by atoms with Gasteiger partial charge in [0, 0.05) is 11.8 Å². The first kappa shape index (κ1) is 20.5. The van der Waals surface area contributed by atoms with Gasteiger partial charge in [0.2, 0.25) is 0 Å². The average molecular weight is 395 g/mol. The largest absolute Gasteiger partial charge is 0.494 e. The van der Waals surface area contributed by atoms with Crippen molar-refractivity contribution in [2.24, 2.45) is 0 Å². The lowest BCUT2D eigenvalue weighted by Gasteiger charge is -2.12. The number of esters is 1. The van der Waals surface area contributed by atoms with Crippen LogP contribution < -0.4 is 10.1 Å². The first-order chi connectivity index (χ1) is 14.1. The van der Waals surface area contributed by atoms with Crippen molar-refractivity contribution in [1.29, 1.82) is 0 Å². The van der Waals surface area contributed by atoms with Crippen LogP contribution in [0.15, 0.2) is 59.0 Å². The number of nitrogens with one attached hydrogen (secondary N) is 1. The molecule has 0 aliphatic carbocycles. The Labute approximate surface area is 169 Å². The number of carbonyl (C=O) groups is 2. The highest BCUT2D eigenvalue weighted by Crippen LogP contribution is 2.23. The molecule has 0 aliphatic rings. The molecule has 152 valence electrons.